The van der Waals surface area contributed by atoms with Crippen LogP contribution in [-0.4, -0.2) is 31.6 Å². The van der Waals surface area contributed by atoms with Crippen molar-refractivity contribution in [2.75, 3.05) is 12.0 Å². The van der Waals surface area contributed by atoms with E-state index >= 15 is 0 Å². The number of aliphatic hydroxyl groups excluding tert-OH is 1. The Balaban J connectivity index is 3.45. The predicted molar refractivity (Wildman–Crippen MR) is 59.0 cm³/mol. The van der Waals surface area contributed by atoms with E-state index in [0.29, 0.717) is 6.42 Å². The van der Waals surface area contributed by atoms with Crippen LogP contribution in [0.4, 0.5) is 0 Å². The first-order valence-corrected chi connectivity index (χ1v) is 6.98. The van der Waals surface area contributed by atoms with E-state index in [-0.39, 0.29) is 5.75 Å². The van der Waals surface area contributed by atoms with Crippen LogP contribution < -0.4 is 0 Å². The van der Waals surface area contributed by atoms with Gasteiger partial charge in [0.25, 0.3) is 0 Å². The fourth-order valence-corrected chi connectivity index (χ4v) is 2.14. The molecule has 0 saturated carbocycles. The lowest BCUT2D eigenvalue weighted by Gasteiger charge is -2.08. The summed E-state index contributed by atoms with van der Waals surface area (Å²) in [7, 11) is -3.04. The maximum Gasteiger partial charge on any atom is 0.149 e. The normalized spacial score (nSPS) is 13.9. The minimum Gasteiger partial charge on any atom is -0.392 e. The quantitative estimate of drug-likeness (QED) is 0.498. The average Bonchev–Trinajstić information content (AvgIpc) is 2.00. The molecule has 0 bridgehead atoms. The average molecular weight is 220 g/mol. The Morgan fingerprint density at radius 2 is 2.00 bits per heavy atom. The number of rotatable bonds is 8. The van der Waals surface area contributed by atoms with Gasteiger partial charge in [0.15, 0.2) is 0 Å². The van der Waals surface area contributed by atoms with E-state index in [1.54, 1.807) is 0 Å². The largest absolute Gasteiger partial charge is 0.392 e. The highest BCUT2D eigenvalue weighted by molar-refractivity contribution is 7.90. The molecule has 14 heavy (non-hydrogen) atoms. The minimum atomic E-state index is -3.04. The number of allylic oxidation sites excluding steroid dienone is 1. The van der Waals surface area contributed by atoms with Gasteiger partial charge in [0.2, 0.25) is 0 Å². The Hall–Kier alpha value is -0.350. The molecule has 0 aromatic carbocycles. The summed E-state index contributed by atoms with van der Waals surface area (Å²) in [6.45, 7) is 3.61. The lowest BCUT2D eigenvalue weighted by Crippen LogP contribution is -2.19. The van der Waals surface area contributed by atoms with E-state index in [0.717, 1.165) is 31.9 Å². The number of hydrogen-bond acceptors (Lipinski definition) is 3. The number of sulfone groups is 1. The zero-order valence-electron chi connectivity index (χ0n) is 8.78. The Labute approximate surface area is 86.8 Å². The van der Waals surface area contributed by atoms with Crippen LogP contribution in [0, 0.1) is 0 Å². The van der Waals surface area contributed by atoms with Gasteiger partial charge in [-0.3, -0.25) is 0 Å². The van der Waals surface area contributed by atoms with Crippen molar-refractivity contribution < 1.29 is 13.5 Å². The van der Waals surface area contributed by atoms with E-state index in [1.165, 1.54) is 0 Å². The van der Waals surface area contributed by atoms with Gasteiger partial charge in [-0.25, -0.2) is 8.42 Å². The molecule has 0 aliphatic carbocycles. The summed E-state index contributed by atoms with van der Waals surface area (Å²) in [6, 6.07) is 0. The summed E-state index contributed by atoms with van der Waals surface area (Å²) >= 11 is 0. The monoisotopic (exact) mass is 220 g/mol. The molecule has 3 nitrogen and oxygen atoms in total. The van der Waals surface area contributed by atoms with Gasteiger partial charge in [0, 0.05) is 6.26 Å². The number of hydrogen-bond donors (Lipinski definition) is 1. The van der Waals surface area contributed by atoms with Crippen molar-refractivity contribution in [2.45, 2.75) is 38.2 Å². The Morgan fingerprint density at radius 3 is 2.50 bits per heavy atom. The lowest BCUT2D eigenvalue weighted by atomic mass is 10.1. The molecular weight excluding hydrogens is 200 g/mol. The molecule has 0 radical (unpaired) electrons. The molecule has 4 heteroatoms. The first kappa shape index (κ1) is 13.7. The second-order valence-corrected chi connectivity index (χ2v) is 5.86. The van der Waals surface area contributed by atoms with Crippen molar-refractivity contribution in [3.05, 3.63) is 12.7 Å². The van der Waals surface area contributed by atoms with Crippen LogP contribution in [0.5, 0.6) is 0 Å². The Bertz CT molecular complexity index is 244. The second-order valence-electron chi connectivity index (χ2n) is 3.67. The van der Waals surface area contributed by atoms with Crippen molar-refractivity contribution in [3.63, 3.8) is 0 Å². The molecule has 0 saturated heterocycles. The van der Waals surface area contributed by atoms with Crippen LogP contribution in [0.3, 0.4) is 0 Å². The minimum absolute atomic E-state index is 0.117. The maximum absolute atomic E-state index is 10.8. The van der Waals surface area contributed by atoms with Crippen LogP contribution in [-0.2, 0) is 9.84 Å². The standard InChI is InChI=1S/C10H20O3S/c1-3-4-5-6-7-8-10(11)9-14(2,12)13/h3,10-11H,1,4-9H2,2H3. The van der Waals surface area contributed by atoms with Crippen molar-refractivity contribution in [3.8, 4) is 0 Å². The second kappa shape index (κ2) is 7.01. The van der Waals surface area contributed by atoms with Gasteiger partial charge >= 0.3 is 0 Å². The molecule has 0 aliphatic rings. The van der Waals surface area contributed by atoms with Crippen LogP contribution >= 0.6 is 0 Å². The summed E-state index contributed by atoms with van der Waals surface area (Å²) in [6.07, 6.45) is 6.84. The molecule has 0 spiro atoms. The van der Waals surface area contributed by atoms with E-state index in [2.05, 4.69) is 6.58 Å². The molecule has 0 aromatic rings. The fourth-order valence-electron chi connectivity index (χ4n) is 1.28. The van der Waals surface area contributed by atoms with E-state index in [9.17, 15) is 13.5 Å². The van der Waals surface area contributed by atoms with Crippen molar-refractivity contribution in [2.24, 2.45) is 0 Å². The van der Waals surface area contributed by atoms with Gasteiger partial charge in [-0.05, 0) is 19.3 Å². The van der Waals surface area contributed by atoms with Gasteiger partial charge in [0.05, 0.1) is 11.9 Å². The molecule has 1 atom stereocenters. The third-order valence-electron chi connectivity index (χ3n) is 1.94. The summed E-state index contributed by atoms with van der Waals surface area (Å²) in [4.78, 5) is 0. The molecular formula is C10H20O3S. The van der Waals surface area contributed by atoms with Crippen molar-refractivity contribution in [1.82, 2.24) is 0 Å². The third-order valence-corrected chi connectivity index (χ3v) is 2.93. The molecule has 0 aromatic heterocycles. The predicted octanol–water partition coefficient (Wildman–Crippen LogP) is 1.53. The van der Waals surface area contributed by atoms with Crippen molar-refractivity contribution >= 4 is 9.84 Å². The molecule has 0 fully saturated rings. The van der Waals surface area contributed by atoms with Gasteiger partial charge in [-0.2, -0.15) is 0 Å². The molecule has 84 valence electrons. The molecule has 0 aliphatic heterocycles. The van der Waals surface area contributed by atoms with E-state index < -0.39 is 15.9 Å². The maximum atomic E-state index is 10.8. The third kappa shape index (κ3) is 9.74. The topological polar surface area (TPSA) is 54.4 Å². The van der Waals surface area contributed by atoms with Gasteiger partial charge in [-0.1, -0.05) is 18.9 Å². The fraction of sp³-hybridized carbons (Fsp3) is 0.800. The summed E-state index contributed by atoms with van der Waals surface area (Å²) in [5.74, 6) is -0.117. The van der Waals surface area contributed by atoms with Gasteiger partial charge < -0.3 is 5.11 Å². The first-order chi connectivity index (χ1) is 6.45. The molecule has 1 unspecified atom stereocenters. The molecule has 0 heterocycles. The van der Waals surface area contributed by atoms with E-state index in [1.807, 2.05) is 6.08 Å². The number of unbranched alkanes of at least 4 members (excludes halogenated alkanes) is 3. The Morgan fingerprint density at radius 1 is 1.36 bits per heavy atom. The SMILES string of the molecule is C=CCCCCCC(O)CS(C)(=O)=O. The lowest BCUT2D eigenvalue weighted by molar-refractivity contribution is 0.183. The van der Waals surface area contributed by atoms with Crippen LogP contribution in [0.15, 0.2) is 12.7 Å². The smallest absolute Gasteiger partial charge is 0.149 e. The van der Waals surface area contributed by atoms with Crippen LogP contribution in [0.1, 0.15) is 32.1 Å². The van der Waals surface area contributed by atoms with Crippen LogP contribution in [0.25, 0.3) is 0 Å². The highest BCUT2D eigenvalue weighted by Gasteiger charge is 2.11. The van der Waals surface area contributed by atoms with Crippen molar-refractivity contribution in [1.29, 1.82) is 0 Å². The van der Waals surface area contributed by atoms with Crippen LogP contribution in [0.2, 0.25) is 0 Å². The summed E-state index contributed by atoms with van der Waals surface area (Å²) in [5.41, 5.74) is 0. The van der Waals surface area contributed by atoms with E-state index in [4.69, 9.17) is 0 Å². The van der Waals surface area contributed by atoms with Gasteiger partial charge in [-0.15, -0.1) is 6.58 Å². The zero-order valence-corrected chi connectivity index (χ0v) is 9.59. The molecule has 0 amide bonds. The molecule has 1 N–H and O–H groups in total. The first-order valence-electron chi connectivity index (χ1n) is 4.92. The Kier molecular flexibility index (Phi) is 6.83. The highest BCUT2D eigenvalue weighted by atomic mass is 32.2. The number of aliphatic hydroxyl groups is 1. The summed E-state index contributed by atoms with van der Waals surface area (Å²) in [5, 5.41) is 9.34. The zero-order chi connectivity index (χ0) is 11.0. The summed E-state index contributed by atoms with van der Waals surface area (Å²) < 4.78 is 21.6. The molecule has 0 rings (SSSR count). The highest BCUT2D eigenvalue weighted by Crippen LogP contribution is 2.07. The van der Waals surface area contributed by atoms with Gasteiger partial charge in [0.1, 0.15) is 9.84 Å².